The Morgan fingerprint density at radius 2 is 0.625 bits per heavy atom. The fraction of sp³-hybridized carbons (Fsp3) is 0.429. The van der Waals surface area contributed by atoms with E-state index in [-0.39, 0.29) is 33.6 Å². The van der Waals surface area contributed by atoms with Crippen molar-refractivity contribution in [3.63, 3.8) is 0 Å². The van der Waals surface area contributed by atoms with E-state index < -0.39 is 0 Å². The molecule has 0 unspecified atom stereocenters. The summed E-state index contributed by atoms with van der Waals surface area (Å²) >= 11 is 0. The first-order valence-corrected chi connectivity index (χ1v) is 2.12. The molecule has 0 aliphatic carbocycles. The summed E-state index contributed by atoms with van der Waals surface area (Å²) in [4.78, 5) is 0. The Bertz CT molecular complexity index is 4.35. The van der Waals surface area contributed by atoms with Gasteiger partial charge in [-0.25, -0.2) is 0 Å². The molecule has 0 amide bonds. The molecule has 0 saturated carbocycles. The van der Waals surface area contributed by atoms with E-state index in [1.807, 2.05) is 0 Å². The number of rotatable bonds is 0. The van der Waals surface area contributed by atoms with Crippen LogP contribution in [0.5, 0.6) is 0 Å². The molecule has 0 aliphatic rings. The molecule has 0 saturated heterocycles. The van der Waals surface area contributed by atoms with E-state index in [2.05, 4.69) is 20.8 Å². The van der Waals surface area contributed by atoms with Crippen molar-refractivity contribution in [1.29, 1.82) is 0 Å². The first kappa shape index (κ1) is 36.6. The third-order valence-corrected chi connectivity index (χ3v) is 0. The zero-order chi connectivity index (χ0) is 6.00. The summed E-state index contributed by atoms with van der Waals surface area (Å²) in [7, 11) is 0. The number of hydrogen-bond donors (Lipinski definition) is 0. The molecule has 0 N–H and O–H groups in total. The van der Waals surface area contributed by atoms with Gasteiger partial charge in [0.1, 0.15) is 0 Å². The second kappa shape index (κ2) is 479. The molecule has 0 atom stereocenters. The van der Waals surface area contributed by atoms with Gasteiger partial charge < -0.3 is 28.2 Å². The van der Waals surface area contributed by atoms with Gasteiger partial charge in [-0.1, -0.05) is 0 Å². The normalized spacial score (nSPS) is 2.25. The van der Waals surface area contributed by atoms with Gasteiger partial charge in [-0.05, 0) is 0 Å². The molecule has 0 bridgehead atoms. The Balaban J connectivity index is -0.00000000500. The molecule has 0 rings (SSSR count). The second-order valence-electron chi connectivity index (χ2n) is 0. The standard InChI is InChI=1S/3C2H5.CH3.Zr/c3*1-2;;/h3*1H2,2H3;1H3;/q4*-1;+4. The van der Waals surface area contributed by atoms with E-state index in [4.69, 9.17) is 0 Å². The molecule has 1 heteroatoms. The third kappa shape index (κ3) is 305. The Hall–Kier alpha value is 0.883. The van der Waals surface area contributed by atoms with Gasteiger partial charge in [-0.3, -0.25) is 0 Å². The summed E-state index contributed by atoms with van der Waals surface area (Å²) in [6.45, 7) is 15.0. The van der Waals surface area contributed by atoms with E-state index in [9.17, 15) is 0 Å². The summed E-state index contributed by atoms with van der Waals surface area (Å²) in [6.07, 6.45) is 0. The maximum absolute atomic E-state index is 3.25. The van der Waals surface area contributed by atoms with Crippen LogP contribution in [-0.2, 0) is 26.2 Å². The van der Waals surface area contributed by atoms with Crippen LogP contribution in [0.4, 0.5) is 0 Å². The van der Waals surface area contributed by atoms with E-state index in [0.717, 1.165) is 0 Å². The summed E-state index contributed by atoms with van der Waals surface area (Å²) in [5.41, 5.74) is 0. The van der Waals surface area contributed by atoms with Gasteiger partial charge in [0.2, 0.25) is 0 Å². The van der Waals surface area contributed by atoms with Gasteiger partial charge in [0.25, 0.3) is 0 Å². The Morgan fingerprint density at radius 1 is 0.625 bits per heavy atom. The van der Waals surface area contributed by atoms with Crippen molar-refractivity contribution in [2.75, 3.05) is 0 Å². The molecular formula is C7H18Zr. The van der Waals surface area contributed by atoms with Crippen molar-refractivity contribution in [1.82, 2.24) is 0 Å². The van der Waals surface area contributed by atoms with Gasteiger partial charge in [-0.15, -0.1) is 0 Å². The second-order valence-corrected chi connectivity index (χ2v) is 0. The average Bonchev–Trinajstić information content (AvgIpc) is 1.81. The van der Waals surface area contributed by atoms with E-state index in [1.54, 1.807) is 20.8 Å². The van der Waals surface area contributed by atoms with Gasteiger partial charge >= 0.3 is 26.2 Å². The zero-order valence-electron chi connectivity index (χ0n) is 6.62. The molecule has 0 radical (unpaired) electrons. The van der Waals surface area contributed by atoms with Crippen LogP contribution in [0.2, 0.25) is 0 Å². The topological polar surface area (TPSA) is 0 Å². The molecule has 50 valence electrons. The molecular weight excluding hydrogens is 175 g/mol. The third-order valence-electron chi connectivity index (χ3n) is 0. The maximum atomic E-state index is 3.25. The zero-order valence-corrected chi connectivity index (χ0v) is 9.08. The van der Waals surface area contributed by atoms with Crippen LogP contribution in [0.3, 0.4) is 0 Å². The van der Waals surface area contributed by atoms with Crippen LogP contribution in [0, 0.1) is 28.2 Å². The van der Waals surface area contributed by atoms with Crippen molar-refractivity contribution in [2.24, 2.45) is 0 Å². The van der Waals surface area contributed by atoms with E-state index in [1.165, 1.54) is 0 Å². The predicted molar refractivity (Wildman–Crippen MR) is 39.5 cm³/mol. The van der Waals surface area contributed by atoms with E-state index >= 15 is 0 Å². The molecule has 0 heterocycles. The van der Waals surface area contributed by atoms with E-state index in [0.29, 0.717) is 0 Å². The first-order chi connectivity index (χ1) is 3.00. The van der Waals surface area contributed by atoms with Crippen molar-refractivity contribution < 1.29 is 26.2 Å². The van der Waals surface area contributed by atoms with Crippen LogP contribution >= 0.6 is 0 Å². The first-order valence-electron chi connectivity index (χ1n) is 2.12. The molecule has 0 aromatic carbocycles. The van der Waals surface area contributed by atoms with Crippen molar-refractivity contribution >= 4 is 0 Å². The SMILES string of the molecule is [CH2-]C.[CH2-]C.[CH2-]C.[CH3-].[Zr+4]. The average molecular weight is 193 g/mol. The molecule has 8 heavy (non-hydrogen) atoms. The minimum Gasteiger partial charge on any atom is -0.358 e. The van der Waals surface area contributed by atoms with Gasteiger partial charge in [0.05, 0.1) is 0 Å². The minimum absolute atomic E-state index is 0. The largest absolute Gasteiger partial charge is 4.00 e. The quantitative estimate of drug-likeness (QED) is 0.519. The Morgan fingerprint density at radius 3 is 0.625 bits per heavy atom. The molecule has 0 fully saturated rings. The fourth-order valence-corrected chi connectivity index (χ4v) is 0. The van der Waals surface area contributed by atoms with Crippen molar-refractivity contribution in [3.05, 3.63) is 28.2 Å². The number of hydrogen-bond acceptors (Lipinski definition) is 0. The Kier molecular flexibility index (Phi) is 2190. The predicted octanol–water partition coefficient (Wildman–Crippen LogP) is 2.97. The summed E-state index contributed by atoms with van der Waals surface area (Å²) in [5.74, 6) is 0. The van der Waals surface area contributed by atoms with Crippen LogP contribution in [0.15, 0.2) is 0 Å². The van der Waals surface area contributed by atoms with Gasteiger partial charge in [-0.2, -0.15) is 20.8 Å². The van der Waals surface area contributed by atoms with Crippen molar-refractivity contribution in [3.8, 4) is 0 Å². The smallest absolute Gasteiger partial charge is 0.358 e. The monoisotopic (exact) mass is 192 g/mol. The van der Waals surface area contributed by atoms with Crippen LogP contribution in [0.25, 0.3) is 0 Å². The fourth-order valence-electron chi connectivity index (χ4n) is 0. The van der Waals surface area contributed by atoms with Crippen LogP contribution < -0.4 is 0 Å². The molecule has 0 aromatic heterocycles. The summed E-state index contributed by atoms with van der Waals surface area (Å²) < 4.78 is 0. The molecule has 0 nitrogen and oxygen atoms in total. The molecule has 0 aromatic rings. The van der Waals surface area contributed by atoms with Crippen LogP contribution in [-0.4, -0.2) is 0 Å². The van der Waals surface area contributed by atoms with Gasteiger partial charge in [0.15, 0.2) is 0 Å². The van der Waals surface area contributed by atoms with Crippen molar-refractivity contribution in [2.45, 2.75) is 20.8 Å². The maximum Gasteiger partial charge on any atom is 4.00 e. The molecule has 0 spiro atoms. The summed E-state index contributed by atoms with van der Waals surface area (Å²) in [5, 5.41) is 0. The van der Waals surface area contributed by atoms with Gasteiger partial charge in [0, 0.05) is 0 Å². The molecule has 0 aliphatic heterocycles. The summed E-state index contributed by atoms with van der Waals surface area (Å²) in [6, 6.07) is 0. The van der Waals surface area contributed by atoms with Crippen LogP contribution in [0.1, 0.15) is 20.8 Å². The Labute approximate surface area is 75.2 Å². The minimum atomic E-state index is 0.